The van der Waals surface area contributed by atoms with Crippen LogP contribution >= 0.6 is 0 Å². The molecule has 1 aliphatic rings. The van der Waals surface area contributed by atoms with E-state index in [1.54, 1.807) is 0 Å². The van der Waals surface area contributed by atoms with Gasteiger partial charge in [-0.05, 0) is 26.0 Å². The van der Waals surface area contributed by atoms with Crippen LogP contribution in [0.4, 0.5) is 0 Å². The third-order valence-electron chi connectivity index (χ3n) is 3.32. The summed E-state index contributed by atoms with van der Waals surface area (Å²) in [6, 6.07) is 5.92. The van der Waals surface area contributed by atoms with E-state index < -0.39 is 0 Å². The van der Waals surface area contributed by atoms with Gasteiger partial charge in [0.25, 0.3) is 0 Å². The Bertz CT molecular complexity index is 435. The third-order valence-corrected chi connectivity index (χ3v) is 3.32. The third kappa shape index (κ3) is 3.75. The number of amides is 1. The summed E-state index contributed by atoms with van der Waals surface area (Å²) in [7, 11) is 0. The minimum absolute atomic E-state index is 0.0994. The summed E-state index contributed by atoms with van der Waals surface area (Å²) in [4.78, 5) is 18.8. The SMILES string of the molecule is CCNC(=O)C1CNCCN1Cc1cccc(C)n1. The van der Waals surface area contributed by atoms with Crippen molar-refractivity contribution in [1.29, 1.82) is 0 Å². The Balaban J connectivity index is 2.05. The van der Waals surface area contributed by atoms with Gasteiger partial charge in [-0.2, -0.15) is 0 Å². The molecule has 1 aromatic heterocycles. The fraction of sp³-hybridized carbons (Fsp3) is 0.571. The van der Waals surface area contributed by atoms with Gasteiger partial charge in [0.2, 0.25) is 5.91 Å². The molecule has 1 saturated heterocycles. The molecule has 1 atom stereocenters. The van der Waals surface area contributed by atoms with Gasteiger partial charge in [0.15, 0.2) is 0 Å². The highest BCUT2D eigenvalue weighted by Gasteiger charge is 2.28. The van der Waals surface area contributed by atoms with Crippen LogP contribution < -0.4 is 10.6 Å². The first-order chi connectivity index (χ1) is 9.20. The van der Waals surface area contributed by atoms with Crippen molar-refractivity contribution in [2.24, 2.45) is 0 Å². The van der Waals surface area contributed by atoms with E-state index >= 15 is 0 Å². The number of piperazine rings is 1. The van der Waals surface area contributed by atoms with Crippen molar-refractivity contribution in [1.82, 2.24) is 20.5 Å². The van der Waals surface area contributed by atoms with Crippen LogP contribution in [0.5, 0.6) is 0 Å². The largest absolute Gasteiger partial charge is 0.355 e. The molecule has 0 aliphatic carbocycles. The minimum Gasteiger partial charge on any atom is -0.355 e. The van der Waals surface area contributed by atoms with E-state index in [4.69, 9.17) is 0 Å². The Kier molecular flexibility index (Phi) is 4.87. The predicted molar refractivity (Wildman–Crippen MR) is 74.7 cm³/mol. The molecule has 5 heteroatoms. The molecule has 2 heterocycles. The number of pyridine rings is 1. The number of nitrogens with zero attached hydrogens (tertiary/aromatic N) is 2. The maximum atomic E-state index is 12.1. The van der Waals surface area contributed by atoms with Crippen LogP contribution in [0.25, 0.3) is 0 Å². The molecule has 0 radical (unpaired) electrons. The lowest BCUT2D eigenvalue weighted by molar-refractivity contribution is -0.127. The van der Waals surface area contributed by atoms with E-state index in [-0.39, 0.29) is 11.9 Å². The number of aromatic nitrogens is 1. The standard InChI is InChI=1S/C14H22N4O/c1-3-16-14(19)13-9-15-7-8-18(13)10-12-6-4-5-11(2)17-12/h4-6,13,15H,3,7-10H2,1-2H3,(H,16,19). The molecule has 0 saturated carbocycles. The fourth-order valence-corrected chi connectivity index (χ4v) is 2.38. The van der Waals surface area contributed by atoms with Gasteiger partial charge in [0.05, 0.1) is 5.69 Å². The first-order valence-electron chi connectivity index (χ1n) is 6.85. The predicted octanol–water partition coefficient (Wildman–Crippen LogP) is 0.300. The molecule has 104 valence electrons. The van der Waals surface area contributed by atoms with Crippen molar-refractivity contribution in [3.05, 3.63) is 29.6 Å². The number of carbonyl (C=O) groups is 1. The average Bonchev–Trinajstić information content (AvgIpc) is 2.39. The van der Waals surface area contributed by atoms with Crippen molar-refractivity contribution in [2.75, 3.05) is 26.2 Å². The molecule has 19 heavy (non-hydrogen) atoms. The summed E-state index contributed by atoms with van der Waals surface area (Å²) in [5.74, 6) is 0.0994. The summed E-state index contributed by atoms with van der Waals surface area (Å²) in [5, 5.41) is 6.18. The topological polar surface area (TPSA) is 57.3 Å². The minimum atomic E-state index is -0.101. The molecule has 1 aliphatic heterocycles. The number of rotatable bonds is 4. The molecule has 5 nitrogen and oxygen atoms in total. The number of hydrogen-bond donors (Lipinski definition) is 2. The summed E-state index contributed by atoms with van der Waals surface area (Å²) >= 11 is 0. The zero-order chi connectivity index (χ0) is 13.7. The van der Waals surface area contributed by atoms with Crippen molar-refractivity contribution in [3.63, 3.8) is 0 Å². The van der Waals surface area contributed by atoms with Crippen LogP contribution in [0.15, 0.2) is 18.2 Å². The quantitative estimate of drug-likeness (QED) is 0.819. The molecule has 2 N–H and O–H groups in total. The fourth-order valence-electron chi connectivity index (χ4n) is 2.38. The number of nitrogens with one attached hydrogen (secondary N) is 2. The second kappa shape index (κ2) is 6.63. The Morgan fingerprint density at radius 3 is 3.16 bits per heavy atom. The molecule has 0 spiro atoms. The first-order valence-corrected chi connectivity index (χ1v) is 6.85. The van der Waals surface area contributed by atoms with Crippen molar-refractivity contribution >= 4 is 5.91 Å². The van der Waals surface area contributed by atoms with Crippen LogP contribution in [0.1, 0.15) is 18.3 Å². The highest BCUT2D eigenvalue weighted by atomic mass is 16.2. The van der Waals surface area contributed by atoms with Gasteiger partial charge in [-0.25, -0.2) is 0 Å². The van der Waals surface area contributed by atoms with Gasteiger partial charge in [0, 0.05) is 38.4 Å². The highest BCUT2D eigenvalue weighted by molar-refractivity contribution is 5.82. The number of hydrogen-bond acceptors (Lipinski definition) is 4. The smallest absolute Gasteiger partial charge is 0.238 e. The van der Waals surface area contributed by atoms with E-state index in [0.717, 1.165) is 31.0 Å². The van der Waals surface area contributed by atoms with Gasteiger partial charge in [-0.15, -0.1) is 0 Å². The second-order valence-corrected chi connectivity index (χ2v) is 4.86. The zero-order valence-corrected chi connectivity index (χ0v) is 11.6. The molecule has 1 amide bonds. The lowest BCUT2D eigenvalue weighted by atomic mass is 10.1. The number of aryl methyl sites for hydroxylation is 1. The molecular formula is C14H22N4O. The molecule has 1 fully saturated rings. The lowest BCUT2D eigenvalue weighted by Gasteiger charge is -2.34. The average molecular weight is 262 g/mol. The van der Waals surface area contributed by atoms with Crippen molar-refractivity contribution in [3.8, 4) is 0 Å². The van der Waals surface area contributed by atoms with E-state index in [0.29, 0.717) is 13.1 Å². The van der Waals surface area contributed by atoms with Crippen LogP contribution in [0.2, 0.25) is 0 Å². The summed E-state index contributed by atoms with van der Waals surface area (Å²) in [6.07, 6.45) is 0. The molecule has 2 rings (SSSR count). The van der Waals surface area contributed by atoms with Gasteiger partial charge in [-0.1, -0.05) is 6.07 Å². The lowest BCUT2D eigenvalue weighted by Crippen LogP contribution is -2.57. The Hall–Kier alpha value is -1.46. The van der Waals surface area contributed by atoms with Crippen molar-refractivity contribution < 1.29 is 4.79 Å². The summed E-state index contributed by atoms with van der Waals surface area (Å²) in [6.45, 7) is 7.83. The molecule has 0 aromatic carbocycles. The Labute approximate surface area is 114 Å². The number of carbonyl (C=O) groups excluding carboxylic acids is 1. The van der Waals surface area contributed by atoms with Crippen LogP contribution in [-0.4, -0.2) is 48.0 Å². The number of likely N-dealkylation sites (N-methyl/N-ethyl adjacent to an activating group) is 1. The van der Waals surface area contributed by atoms with Crippen molar-refractivity contribution in [2.45, 2.75) is 26.4 Å². The zero-order valence-electron chi connectivity index (χ0n) is 11.6. The second-order valence-electron chi connectivity index (χ2n) is 4.86. The molecular weight excluding hydrogens is 240 g/mol. The molecule has 1 aromatic rings. The van der Waals surface area contributed by atoms with E-state index in [2.05, 4.69) is 20.5 Å². The monoisotopic (exact) mass is 262 g/mol. The first kappa shape index (κ1) is 14.0. The Morgan fingerprint density at radius 2 is 2.42 bits per heavy atom. The maximum absolute atomic E-state index is 12.1. The van der Waals surface area contributed by atoms with Gasteiger partial charge in [0.1, 0.15) is 6.04 Å². The maximum Gasteiger partial charge on any atom is 0.238 e. The summed E-state index contributed by atoms with van der Waals surface area (Å²) in [5.41, 5.74) is 2.04. The van der Waals surface area contributed by atoms with Crippen LogP contribution in [0.3, 0.4) is 0 Å². The van der Waals surface area contributed by atoms with Crippen LogP contribution in [0, 0.1) is 6.92 Å². The van der Waals surface area contributed by atoms with Gasteiger partial charge < -0.3 is 10.6 Å². The highest BCUT2D eigenvalue weighted by Crippen LogP contribution is 2.09. The van der Waals surface area contributed by atoms with E-state index in [9.17, 15) is 4.79 Å². The molecule has 1 unspecified atom stereocenters. The van der Waals surface area contributed by atoms with Crippen LogP contribution in [-0.2, 0) is 11.3 Å². The van der Waals surface area contributed by atoms with Gasteiger partial charge >= 0.3 is 0 Å². The van der Waals surface area contributed by atoms with E-state index in [1.807, 2.05) is 32.0 Å². The summed E-state index contributed by atoms with van der Waals surface area (Å²) < 4.78 is 0. The molecule has 0 bridgehead atoms. The van der Waals surface area contributed by atoms with Gasteiger partial charge in [-0.3, -0.25) is 14.7 Å². The Morgan fingerprint density at radius 1 is 1.58 bits per heavy atom. The normalized spacial score (nSPS) is 20.2. The van der Waals surface area contributed by atoms with E-state index in [1.165, 1.54) is 0 Å².